The first kappa shape index (κ1) is 23.7. The van der Waals surface area contributed by atoms with E-state index in [1.165, 1.54) is 3.97 Å². The van der Waals surface area contributed by atoms with Gasteiger partial charge in [0.05, 0.1) is 11.5 Å². The van der Waals surface area contributed by atoms with E-state index in [1.807, 2.05) is 18.2 Å². The van der Waals surface area contributed by atoms with Crippen LogP contribution in [0.25, 0.3) is 22.2 Å². The number of carbonyl (C=O) groups is 1. The van der Waals surface area contributed by atoms with Crippen LogP contribution in [0.1, 0.15) is 16.8 Å². The number of fused-ring (bicyclic) bond motifs is 1. The number of aromatic nitrogens is 2. The zero-order valence-corrected chi connectivity index (χ0v) is 21.5. The van der Waals surface area contributed by atoms with Gasteiger partial charge in [-0.05, 0) is 58.2 Å². The van der Waals surface area contributed by atoms with E-state index in [1.54, 1.807) is 66.8 Å². The molecule has 2 aromatic heterocycles. The van der Waals surface area contributed by atoms with E-state index in [-0.39, 0.29) is 10.8 Å². The third-order valence-corrected chi connectivity index (χ3v) is 8.32. The molecular weight excluding hydrogens is 530 g/mol. The molecule has 0 N–H and O–H groups in total. The third-order valence-electron chi connectivity index (χ3n) is 6.22. The minimum Gasteiger partial charge on any atom is -0.381 e. The Morgan fingerprint density at radius 2 is 1.91 bits per heavy atom. The number of benzene rings is 2. The maximum atomic E-state index is 13.4. The van der Waals surface area contributed by atoms with E-state index in [4.69, 9.17) is 4.74 Å². The maximum absolute atomic E-state index is 13.4. The van der Waals surface area contributed by atoms with Gasteiger partial charge in [0.2, 0.25) is 0 Å². The van der Waals surface area contributed by atoms with Crippen molar-refractivity contribution in [2.75, 3.05) is 26.8 Å². The molecule has 180 valence electrons. The lowest BCUT2D eigenvalue weighted by atomic mass is 10.0. The molecule has 7 nitrogen and oxygen atoms in total. The molecule has 35 heavy (non-hydrogen) atoms. The average Bonchev–Trinajstić information content (AvgIpc) is 3.52. The Morgan fingerprint density at radius 1 is 1.17 bits per heavy atom. The summed E-state index contributed by atoms with van der Waals surface area (Å²) in [6.07, 6.45) is 4.14. The molecular formula is C26H24BrN3O4S. The van der Waals surface area contributed by atoms with Gasteiger partial charge >= 0.3 is 0 Å². The second-order valence-corrected chi connectivity index (χ2v) is 11.4. The molecule has 1 aliphatic heterocycles. The van der Waals surface area contributed by atoms with Crippen molar-refractivity contribution < 1.29 is 17.9 Å². The van der Waals surface area contributed by atoms with E-state index in [0.717, 1.165) is 23.1 Å². The first-order valence-electron chi connectivity index (χ1n) is 11.3. The highest BCUT2D eigenvalue weighted by Gasteiger charge is 2.24. The van der Waals surface area contributed by atoms with Crippen LogP contribution in [0.3, 0.4) is 0 Å². The lowest BCUT2D eigenvalue weighted by Gasteiger charge is -2.20. The van der Waals surface area contributed by atoms with Crippen LogP contribution in [0.2, 0.25) is 0 Å². The number of halogens is 1. The predicted octanol–water partition coefficient (Wildman–Crippen LogP) is 4.81. The van der Waals surface area contributed by atoms with Gasteiger partial charge in [-0.1, -0.05) is 30.3 Å². The second-order valence-electron chi connectivity index (χ2n) is 8.67. The first-order chi connectivity index (χ1) is 16.8. The van der Waals surface area contributed by atoms with Gasteiger partial charge in [0, 0.05) is 59.5 Å². The van der Waals surface area contributed by atoms with Crippen LogP contribution in [0.4, 0.5) is 0 Å². The summed E-state index contributed by atoms with van der Waals surface area (Å²) in [6.45, 7) is 2.10. The molecule has 1 aliphatic rings. The molecule has 1 unspecified atom stereocenters. The summed E-state index contributed by atoms with van der Waals surface area (Å²) in [7, 11) is -2.04. The lowest BCUT2D eigenvalue weighted by Crippen LogP contribution is -2.32. The highest BCUT2D eigenvalue weighted by atomic mass is 79.9. The van der Waals surface area contributed by atoms with Crippen molar-refractivity contribution in [3.05, 3.63) is 83.1 Å². The molecule has 1 saturated heterocycles. The number of hydrogen-bond donors (Lipinski definition) is 0. The fraction of sp³-hybridized carbons (Fsp3) is 0.231. The quantitative estimate of drug-likeness (QED) is 0.342. The molecule has 5 rings (SSSR count). The van der Waals surface area contributed by atoms with Crippen molar-refractivity contribution in [3.63, 3.8) is 0 Å². The topological polar surface area (TPSA) is 81.5 Å². The normalized spacial score (nSPS) is 16.0. The minimum atomic E-state index is -3.84. The number of ether oxygens (including phenoxy) is 1. The van der Waals surface area contributed by atoms with E-state index >= 15 is 0 Å². The molecule has 0 spiro atoms. The number of pyridine rings is 1. The zero-order chi connectivity index (χ0) is 24.6. The monoisotopic (exact) mass is 553 g/mol. The minimum absolute atomic E-state index is 0.0538. The van der Waals surface area contributed by atoms with Crippen LogP contribution < -0.4 is 0 Å². The Balaban J connectivity index is 1.50. The van der Waals surface area contributed by atoms with Gasteiger partial charge in [0.1, 0.15) is 0 Å². The van der Waals surface area contributed by atoms with E-state index in [2.05, 4.69) is 20.9 Å². The first-order valence-corrected chi connectivity index (χ1v) is 13.5. The summed E-state index contributed by atoms with van der Waals surface area (Å²) in [4.78, 5) is 19.2. The fourth-order valence-corrected chi connectivity index (χ4v) is 6.06. The smallest absolute Gasteiger partial charge is 0.269 e. The summed E-state index contributed by atoms with van der Waals surface area (Å²) in [5.41, 5.74) is 2.42. The van der Waals surface area contributed by atoms with Gasteiger partial charge in [-0.15, -0.1) is 0 Å². The molecule has 3 heterocycles. The number of carbonyl (C=O) groups excluding carboxylic acids is 1. The van der Waals surface area contributed by atoms with Crippen LogP contribution in [-0.4, -0.2) is 55.0 Å². The average molecular weight is 554 g/mol. The summed E-state index contributed by atoms with van der Waals surface area (Å²) >= 11 is 3.45. The fourth-order valence-electron chi connectivity index (χ4n) is 4.38. The molecule has 9 heteroatoms. The Labute approximate surface area is 212 Å². The van der Waals surface area contributed by atoms with Crippen LogP contribution in [0, 0.1) is 5.92 Å². The predicted molar refractivity (Wildman–Crippen MR) is 138 cm³/mol. The lowest BCUT2D eigenvalue weighted by molar-refractivity contribution is 0.0766. The maximum Gasteiger partial charge on any atom is 0.269 e. The summed E-state index contributed by atoms with van der Waals surface area (Å²) in [5.74, 6) is 0.314. The summed E-state index contributed by atoms with van der Waals surface area (Å²) in [5, 5.41) is 0.691. The number of amides is 1. The van der Waals surface area contributed by atoms with Crippen molar-refractivity contribution in [1.82, 2.24) is 13.9 Å². The van der Waals surface area contributed by atoms with Crippen molar-refractivity contribution >= 4 is 42.9 Å². The number of hydrogen-bond acceptors (Lipinski definition) is 5. The van der Waals surface area contributed by atoms with Gasteiger partial charge in [0.25, 0.3) is 15.9 Å². The third kappa shape index (κ3) is 4.63. The Kier molecular flexibility index (Phi) is 6.48. The highest BCUT2D eigenvalue weighted by Crippen LogP contribution is 2.34. The standard InChI is InChI=1S/C26H24BrN3O4S/c1-29(15-18-11-12-34-17-18)26(31)20-9-7-19(8-10-20)24-16-30(25-23(24)13-21(27)14-28-25)35(32,33)22-5-3-2-4-6-22/h2-10,13-14,16,18H,11-12,15,17H2,1H3. The summed E-state index contributed by atoms with van der Waals surface area (Å²) in [6, 6.07) is 17.4. The van der Waals surface area contributed by atoms with Crippen molar-refractivity contribution in [2.24, 2.45) is 5.92 Å². The molecule has 1 fully saturated rings. The van der Waals surface area contributed by atoms with Crippen LogP contribution in [0.15, 0.2) is 82.4 Å². The van der Waals surface area contributed by atoms with Gasteiger partial charge in [-0.25, -0.2) is 17.4 Å². The van der Waals surface area contributed by atoms with Crippen LogP contribution in [0.5, 0.6) is 0 Å². The molecule has 0 saturated carbocycles. The molecule has 4 aromatic rings. The van der Waals surface area contributed by atoms with Crippen LogP contribution >= 0.6 is 15.9 Å². The molecule has 0 radical (unpaired) electrons. The summed E-state index contributed by atoms with van der Waals surface area (Å²) < 4.78 is 34.2. The zero-order valence-electron chi connectivity index (χ0n) is 19.1. The van der Waals surface area contributed by atoms with E-state index in [0.29, 0.717) is 41.2 Å². The van der Waals surface area contributed by atoms with E-state index in [9.17, 15) is 13.2 Å². The molecule has 2 aromatic carbocycles. The van der Waals surface area contributed by atoms with Gasteiger partial charge in [-0.3, -0.25) is 4.79 Å². The van der Waals surface area contributed by atoms with Gasteiger partial charge in [-0.2, -0.15) is 0 Å². The van der Waals surface area contributed by atoms with Crippen molar-refractivity contribution in [2.45, 2.75) is 11.3 Å². The molecule has 0 bridgehead atoms. The largest absolute Gasteiger partial charge is 0.381 e. The number of nitrogens with zero attached hydrogens (tertiary/aromatic N) is 3. The highest BCUT2D eigenvalue weighted by molar-refractivity contribution is 9.10. The Bertz CT molecular complexity index is 1480. The van der Waals surface area contributed by atoms with Crippen LogP contribution in [-0.2, 0) is 14.8 Å². The Morgan fingerprint density at radius 3 is 2.60 bits per heavy atom. The van der Waals surface area contributed by atoms with Gasteiger partial charge in [0.15, 0.2) is 5.65 Å². The SMILES string of the molecule is CN(CC1CCOC1)C(=O)c1ccc(-c2cn(S(=O)(=O)c3ccccc3)c3ncc(Br)cc23)cc1. The molecule has 1 amide bonds. The van der Waals surface area contributed by atoms with Gasteiger partial charge < -0.3 is 9.64 Å². The second kappa shape index (κ2) is 9.56. The molecule has 1 atom stereocenters. The number of rotatable bonds is 6. The van der Waals surface area contributed by atoms with Crippen molar-refractivity contribution in [3.8, 4) is 11.1 Å². The van der Waals surface area contributed by atoms with Crippen molar-refractivity contribution in [1.29, 1.82) is 0 Å². The Hall–Kier alpha value is -3.01. The molecule has 0 aliphatic carbocycles. The van der Waals surface area contributed by atoms with E-state index < -0.39 is 10.0 Å².